The molecule has 1 unspecified atom stereocenters. The van der Waals surface area contributed by atoms with Crippen LogP contribution in [0.25, 0.3) is 0 Å². The van der Waals surface area contributed by atoms with Gasteiger partial charge in [0.15, 0.2) is 0 Å². The molecule has 7 nitrogen and oxygen atoms in total. The Hall–Kier alpha value is -2.80. The molecule has 25 heavy (non-hydrogen) atoms. The quantitative estimate of drug-likeness (QED) is 0.827. The van der Waals surface area contributed by atoms with Crippen molar-refractivity contribution in [2.45, 2.75) is 25.5 Å². The summed E-state index contributed by atoms with van der Waals surface area (Å²) >= 11 is 0. The highest BCUT2D eigenvalue weighted by Crippen LogP contribution is 2.10. The molecule has 0 bridgehead atoms. The van der Waals surface area contributed by atoms with E-state index in [1.807, 2.05) is 6.07 Å². The Morgan fingerprint density at radius 1 is 1.12 bits per heavy atom. The minimum atomic E-state index is -0.336. The lowest BCUT2D eigenvalue weighted by molar-refractivity contribution is 0.0853. The van der Waals surface area contributed by atoms with Crippen LogP contribution in [-0.4, -0.2) is 41.0 Å². The Morgan fingerprint density at radius 2 is 1.92 bits per heavy atom. The smallest absolute Gasteiger partial charge is 0.270 e. The Kier molecular flexibility index (Phi) is 5.69. The number of carbonyl (C=O) groups is 2. The van der Waals surface area contributed by atoms with E-state index in [-0.39, 0.29) is 29.3 Å². The third-order valence-electron chi connectivity index (χ3n) is 3.90. The highest BCUT2D eigenvalue weighted by atomic mass is 16.5. The summed E-state index contributed by atoms with van der Waals surface area (Å²) in [4.78, 5) is 32.5. The minimum absolute atomic E-state index is 0.0647. The average Bonchev–Trinajstić information content (AvgIpc) is 3.18. The fourth-order valence-electron chi connectivity index (χ4n) is 2.57. The molecule has 0 aromatic carbocycles. The van der Waals surface area contributed by atoms with Crippen LogP contribution < -0.4 is 10.6 Å². The second-order valence-electron chi connectivity index (χ2n) is 5.80. The van der Waals surface area contributed by atoms with Crippen LogP contribution in [0.3, 0.4) is 0 Å². The summed E-state index contributed by atoms with van der Waals surface area (Å²) in [5.41, 5.74) is 1.31. The van der Waals surface area contributed by atoms with Crippen molar-refractivity contribution in [2.75, 3.05) is 13.2 Å². The van der Waals surface area contributed by atoms with Gasteiger partial charge in [-0.2, -0.15) is 0 Å². The minimum Gasteiger partial charge on any atom is -0.376 e. The SMILES string of the molecule is O=C(NCc1cccnc1)c1cccc(C(=O)NCC2CCCO2)n1. The van der Waals surface area contributed by atoms with Crippen LogP contribution in [-0.2, 0) is 11.3 Å². The summed E-state index contributed by atoms with van der Waals surface area (Å²) in [5.74, 6) is -0.643. The second-order valence-corrected chi connectivity index (χ2v) is 5.80. The van der Waals surface area contributed by atoms with Gasteiger partial charge in [0.2, 0.25) is 0 Å². The van der Waals surface area contributed by atoms with Crippen molar-refractivity contribution < 1.29 is 14.3 Å². The van der Waals surface area contributed by atoms with Gasteiger partial charge < -0.3 is 15.4 Å². The first-order chi connectivity index (χ1) is 12.2. The molecule has 1 saturated heterocycles. The van der Waals surface area contributed by atoms with Crippen LogP contribution in [0.5, 0.6) is 0 Å². The maximum atomic E-state index is 12.2. The molecule has 1 aliphatic heterocycles. The number of nitrogens with one attached hydrogen (secondary N) is 2. The summed E-state index contributed by atoms with van der Waals surface area (Å²) < 4.78 is 5.47. The first kappa shape index (κ1) is 17.0. The lowest BCUT2D eigenvalue weighted by Crippen LogP contribution is -2.32. The van der Waals surface area contributed by atoms with Crippen LogP contribution in [0.2, 0.25) is 0 Å². The molecule has 1 aliphatic rings. The van der Waals surface area contributed by atoms with Gasteiger partial charge in [0.1, 0.15) is 11.4 Å². The average molecular weight is 340 g/mol. The first-order valence-electron chi connectivity index (χ1n) is 8.26. The van der Waals surface area contributed by atoms with Crippen LogP contribution in [0.15, 0.2) is 42.7 Å². The Bertz CT molecular complexity index is 730. The van der Waals surface area contributed by atoms with Crippen LogP contribution in [0.4, 0.5) is 0 Å². The molecule has 130 valence electrons. The topological polar surface area (TPSA) is 93.2 Å². The van der Waals surface area contributed by atoms with Gasteiger partial charge in [-0.15, -0.1) is 0 Å². The molecule has 7 heteroatoms. The van der Waals surface area contributed by atoms with E-state index in [1.54, 1.807) is 36.7 Å². The maximum Gasteiger partial charge on any atom is 0.270 e. The molecule has 3 heterocycles. The molecular weight excluding hydrogens is 320 g/mol. The summed E-state index contributed by atoms with van der Waals surface area (Å²) in [7, 11) is 0. The number of pyridine rings is 2. The number of amides is 2. The molecule has 3 rings (SSSR count). The summed E-state index contributed by atoms with van der Waals surface area (Å²) in [6, 6.07) is 8.49. The van der Waals surface area contributed by atoms with E-state index in [0.717, 1.165) is 25.0 Å². The number of rotatable bonds is 6. The van der Waals surface area contributed by atoms with E-state index in [0.29, 0.717) is 13.1 Å². The second kappa shape index (κ2) is 8.34. The molecule has 0 aliphatic carbocycles. The number of ether oxygens (including phenoxy) is 1. The maximum absolute atomic E-state index is 12.2. The molecule has 0 radical (unpaired) electrons. The zero-order chi connectivity index (χ0) is 17.5. The van der Waals surface area contributed by atoms with Gasteiger partial charge in [-0.3, -0.25) is 14.6 Å². The van der Waals surface area contributed by atoms with E-state index >= 15 is 0 Å². The number of nitrogens with zero attached hydrogens (tertiary/aromatic N) is 2. The highest BCUT2D eigenvalue weighted by Gasteiger charge is 2.18. The Balaban J connectivity index is 1.56. The van der Waals surface area contributed by atoms with Gasteiger partial charge in [-0.1, -0.05) is 12.1 Å². The molecule has 1 atom stereocenters. The van der Waals surface area contributed by atoms with Crippen molar-refractivity contribution in [2.24, 2.45) is 0 Å². The fourth-order valence-corrected chi connectivity index (χ4v) is 2.57. The predicted octanol–water partition coefficient (Wildman–Crippen LogP) is 1.32. The monoisotopic (exact) mass is 340 g/mol. The lowest BCUT2D eigenvalue weighted by Gasteiger charge is -2.11. The molecule has 0 spiro atoms. The van der Waals surface area contributed by atoms with Crippen molar-refractivity contribution in [3.8, 4) is 0 Å². The van der Waals surface area contributed by atoms with E-state index in [9.17, 15) is 9.59 Å². The van der Waals surface area contributed by atoms with Crippen LogP contribution in [0.1, 0.15) is 39.4 Å². The zero-order valence-corrected chi connectivity index (χ0v) is 13.8. The standard InChI is InChI=1S/C18H20N4O3/c23-17(20-11-13-4-2-8-19-10-13)15-6-1-7-16(22-15)18(24)21-12-14-5-3-9-25-14/h1-2,4,6-8,10,14H,3,5,9,11-12H2,(H,20,23)(H,21,24). The number of aromatic nitrogens is 2. The van der Waals surface area contributed by atoms with E-state index < -0.39 is 0 Å². The third-order valence-corrected chi connectivity index (χ3v) is 3.90. The van der Waals surface area contributed by atoms with Gasteiger partial charge in [-0.25, -0.2) is 4.98 Å². The fraction of sp³-hybridized carbons (Fsp3) is 0.333. The van der Waals surface area contributed by atoms with Gasteiger partial charge in [-0.05, 0) is 36.6 Å². The molecule has 2 amide bonds. The molecule has 1 fully saturated rings. The first-order valence-corrected chi connectivity index (χ1v) is 8.26. The molecular formula is C18H20N4O3. The summed E-state index contributed by atoms with van der Waals surface area (Å²) in [5, 5.41) is 5.56. The normalized spacial score (nSPS) is 16.4. The number of carbonyl (C=O) groups excluding carboxylic acids is 2. The van der Waals surface area contributed by atoms with Crippen molar-refractivity contribution in [1.29, 1.82) is 0 Å². The third kappa shape index (κ3) is 4.84. The Morgan fingerprint density at radius 3 is 2.60 bits per heavy atom. The van der Waals surface area contributed by atoms with E-state index in [2.05, 4.69) is 20.6 Å². The van der Waals surface area contributed by atoms with Crippen molar-refractivity contribution in [3.63, 3.8) is 0 Å². The van der Waals surface area contributed by atoms with Crippen LogP contribution >= 0.6 is 0 Å². The Labute approximate surface area is 145 Å². The van der Waals surface area contributed by atoms with Crippen molar-refractivity contribution in [3.05, 3.63) is 59.7 Å². The zero-order valence-electron chi connectivity index (χ0n) is 13.8. The predicted molar refractivity (Wildman–Crippen MR) is 91.0 cm³/mol. The van der Waals surface area contributed by atoms with Crippen molar-refractivity contribution >= 4 is 11.8 Å². The van der Waals surface area contributed by atoms with Crippen LogP contribution in [0, 0.1) is 0 Å². The molecule has 2 aromatic rings. The highest BCUT2D eigenvalue weighted by molar-refractivity contribution is 5.96. The molecule has 2 N–H and O–H groups in total. The number of hydrogen-bond acceptors (Lipinski definition) is 5. The molecule has 2 aromatic heterocycles. The van der Waals surface area contributed by atoms with Gasteiger partial charge in [0.25, 0.3) is 11.8 Å². The number of hydrogen-bond donors (Lipinski definition) is 2. The van der Waals surface area contributed by atoms with Gasteiger partial charge in [0, 0.05) is 32.1 Å². The largest absolute Gasteiger partial charge is 0.376 e. The van der Waals surface area contributed by atoms with Crippen molar-refractivity contribution in [1.82, 2.24) is 20.6 Å². The summed E-state index contributed by atoms with van der Waals surface area (Å²) in [6.07, 6.45) is 5.39. The van der Waals surface area contributed by atoms with E-state index in [1.165, 1.54) is 0 Å². The summed E-state index contributed by atoms with van der Waals surface area (Å²) in [6.45, 7) is 1.55. The van der Waals surface area contributed by atoms with Gasteiger partial charge in [0.05, 0.1) is 6.10 Å². The van der Waals surface area contributed by atoms with E-state index in [4.69, 9.17) is 4.74 Å². The van der Waals surface area contributed by atoms with Gasteiger partial charge >= 0.3 is 0 Å². The lowest BCUT2D eigenvalue weighted by atomic mass is 10.2. The molecule has 0 saturated carbocycles.